The Hall–Kier alpha value is -2.87. The second-order valence-electron chi connectivity index (χ2n) is 6.32. The maximum atomic E-state index is 13.1. The molecule has 1 aliphatic rings. The third-order valence-electron chi connectivity index (χ3n) is 4.72. The summed E-state index contributed by atoms with van der Waals surface area (Å²) in [6.07, 6.45) is 5.86. The standard InChI is InChI=1S/C18H18FN5O2/c1-26-14-9-15(18-22-21-16-10-20-6-7-23(16)18)24(11-14)17(25)8-12-2-4-13(19)5-3-12/h2-7,10,14-15H,8-9,11H2,1H3/t14-,15+/m1/s1. The van der Waals surface area contributed by atoms with Crippen molar-refractivity contribution in [2.24, 2.45) is 0 Å². The third kappa shape index (κ3) is 3.03. The lowest BCUT2D eigenvalue weighted by Crippen LogP contribution is -2.34. The van der Waals surface area contributed by atoms with Crippen LogP contribution < -0.4 is 0 Å². The fourth-order valence-electron chi connectivity index (χ4n) is 3.37. The minimum absolute atomic E-state index is 0.0491. The van der Waals surface area contributed by atoms with Crippen LogP contribution in [0.25, 0.3) is 5.65 Å². The summed E-state index contributed by atoms with van der Waals surface area (Å²) >= 11 is 0. The second kappa shape index (κ2) is 6.80. The van der Waals surface area contributed by atoms with Crippen molar-refractivity contribution in [3.63, 3.8) is 0 Å². The Kier molecular flexibility index (Phi) is 4.34. The van der Waals surface area contributed by atoms with Crippen molar-refractivity contribution >= 4 is 11.6 Å². The normalized spacial score (nSPS) is 20.0. The highest BCUT2D eigenvalue weighted by molar-refractivity contribution is 5.79. The Balaban J connectivity index is 1.62. The molecule has 1 aromatic carbocycles. The maximum Gasteiger partial charge on any atom is 0.227 e. The number of amides is 1. The summed E-state index contributed by atoms with van der Waals surface area (Å²) < 4.78 is 20.4. The number of halogens is 1. The van der Waals surface area contributed by atoms with Crippen LogP contribution >= 0.6 is 0 Å². The van der Waals surface area contributed by atoms with Gasteiger partial charge in [-0.15, -0.1) is 10.2 Å². The molecule has 0 bridgehead atoms. The molecule has 7 nitrogen and oxygen atoms in total. The van der Waals surface area contributed by atoms with Gasteiger partial charge in [0.25, 0.3) is 0 Å². The van der Waals surface area contributed by atoms with Crippen LogP contribution in [0, 0.1) is 5.82 Å². The van der Waals surface area contributed by atoms with Crippen LogP contribution in [0.2, 0.25) is 0 Å². The molecule has 1 fully saturated rings. The number of nitrogens with zero attached hydrogens (tertiary/aromatic N) is 5. The quantitative estimate of drug-likeness (QED) is 0.713. The Bertz CT molecular complexity index is 927. The minimum atomic E-state index is -0.316. The molecule has 8 heteroatoms. The largest absolute Gasteiger partial charge is 0.380 e. The average molecular weight is 355 g/mol. The molecule has 1 aliphatic heterocycles. The van der Waals surface area contributed by atoms with Gasteiger partial charge in [-0.1, -0.05) is 12.1 Å². The second-order valence-corrected chi connectivity index (χ2v) is 6.32. The van der Waals surface area contributed by atoms with E-state index in [0.29, 0.717) is 24.4 Å². The molecule has 1 amide bonds. The Labute approximate surface area is 149 Å². The highest BCUT2D eigenvalue weighted by atomic mass is 19.1. The van der Waals surface area contributed by atoms with Crippen LogP contribution in [0.1, 0.15) is 23.9 Å². The molecule has 0 radical (unpaired) electrons. The first kappa shape index (κ1) is 16.6. The highest BCUT2D eigenvalue weighted by Gasteiger charge is 2.38. The number of rotatable bonds is 4. The highest BCUT2D eigenvalue weighted by Crippen LogP contribution is 2.33. The molecule has 3 aromatic rings. The van der Waals surface area contributed by atoms with E-state index in [1.807, 2.05) is 4.40 Å². The van der Waals surface area contributed by atoms with Gasteiger partial charge in [-0.2, -0.15) is 0 Å². The smallest absolute Gasteiger partial charge is 0.227 e. The number of ether oxygens (including phenoxy) is 1. The lowest BCUT2D eigenvalue weighted by Gasteiger charge is -2.23. The molecule has 2 aromatic heterocycles. The molecule has 4 rings (SSSR count). The van der Waals surface area contributed by atoms with E-state index in [1.54, 1.807) is 42.7 Å². The number of fused-ring (bicyclic) bond motifs is 1. The first-order valence-corrected chi connectivity index (χ1v) is 8.37. The third-order valence-corrected chi connectivity index (χ3v) is 4.72. The summed E-state index contributed by atoms with van der Waals surface area (Å²) in [6, 6.07) is 5.75. The fraction of sp³-hybridized carbons (Fsp3) is 0.333. The molecular weight excluding hydrogens is 337 g/mol. The maximum absolute atomic E-state index is 13.1. The average Bonchev–Trinajstić information content (AvgIpc) is 3.27. The minimum Gasteiger partial charge on any atom is -0.380 e. The first-order valence-electron chi connectivity index (χ1n) is 8.37. The molecule has 0 spiro atoms. The van der Waals surface area contributed by atoms with Crippen molar-refractivity contribution < 1.29 is 13.9 Å². The Morgan fingerprint density at radius 2 is 2.12 bits per heavy atom. The zero-order chi connectivity index (χ0) is 18.1. The van der Waals surface area contributed by atoms with Crippen LogP contribution in [0.4, 0.5) is 4.39 Å². The van der Waals surface area contributed by atoms with E-state index in [-0.39, 0.29) is 30.3 Å². The molecule has 0 saturated carbocycles. The van der Waals surface area contributed by atoms with Crippen LogP contribution in [0.15, 0.2) is 42.9 Å². The summed E-state index contributed by atoms with van der Waals surface area (Å²) in [7, 11) is 1.64. The van der Waals surface area contributed by atoms with Crippen LogP contribution in [0.3, 0.4) is 0 Å². The van der Waals surface area contributed by atoms with Gasteiger partial charge in [0.1, 0.15) is 5.82 Å². The topological polar surface area (TPSA) is 72.6 Å². The first-order chi connectivity index (χ1) is 12.7. The van der Waals surface area contributed by atoms with Gasteiger partial charge in [0.05, 0.1) is 24.8 Å². The van der Waals surface area contributed by atoms with E-state index < -0.39 is 0 Å². The molecule has 1 saturated heterocycles. The molecule has 2 atom stereocenters. The molecule has 134 valence electrons. The summed E-state index contributed by atoms with van der Waals surface area (Å²) in [5.74, 6) is 0.324. The lowest BCUT2D eigenvalue weighted by atomic mass is 10.1. The Morgan fingerprint density at radius 1 is 1.31 bits per heavy atom. The van der Waals surface area contributed by atoms with Crippen molar-refractivity contribution in [3.8, 4) is 0 Å². The van der Waals surface area contributed by atoms with Gasteiger partial charge in [0, 0.05) is 32.5 Å². The van der Waals surface area contributed by atoms with Gasteiger partial charge in [0.15, 0.2) is 11.5 Å². The predicted octanol–water partition coefficient (Wildman–Crippen LogP) is 1.79. The van der Waals surface area contributed by atoms with Gasteiger partial charge in [-0.25, -0.2) is 4.39 Å². The number of benzene rings is 1. The van der Waals surface area contributed by atoms with Gasteiger partial charge in [-0.3, -0.25) is 14.2 Å². The zero-order valence-corrected chi connectivity index (χ0v) is 14.2. The fourth-order valence-corrected chi connectivity index (χ4v) is 3.37. The number of methoxy groups -OCH3 is 1. The molecule has 0 unspecified atom stereocenters. The van der Waals surface area contributed by atoms with Crippen LogP contribution in [0.5, 0.6) is 0 Å². The van der Waals surface area contributed by atoms with E-state index in [4.69, 9.17) is 4.74 Å². The Morgan fingerprint density at radius 3 is 2.88 bits per heavy atom. The van der Waals surface area contributed by atoms with Gasteiger partial charge >= 0.3 is 0 Å². The van der Waals surface area contributed by atoms with E-state index in [2.05, 4.69) is 15.2 Å². The molecule has 3 heterocycles. The van der Waals surface area contributed by atoms with Crippen molar-refractivity contribution in [2.75, 3.05) is 13.7 Å². The van der Waals surface area contributed by atoms with E-state index in [1.165, 1.54) is 12.1 Å². The number of carbonyl (C=O) groups is 1. The van der Waals surface area contributed by atoms with Crippen molar-refractivity contribution in [1.29, 1.82) is 0 Å². The van der Waals surface area contributed by atoms with Crippen LogP contribution in [-0.4, -0.2) is 50.1 Å². The van der Waals surface area contributed by atoms with Crippen molar-refractivity contribution in [2.45, 2.75) is 25.0 Å². The summed E-state index contributed by atoms with van der Waals surface area (Å²) in [5, 5.41) is 8.40. The van der Waals surface area contributed by atoms with Crippen molar-refractivity contribution in [1.82, 2.24) is 24.5 Å². The monoisotopic (exact) mass is 355 g/mol. The van der Waals surface area contributed by atoms with Gasteiger partial charge in [0.2, 0.25) is 5.91 Å². The van der Waals surface area contributed by atoms with Gasteiger partial charge in [-0.05, 0) is 17.7 Å². The van der Waals surface area contributed by atoms with Crippen LogP contribution in [-0.2, 0) is 16.0 Å². The molecular formula is C18H18FN5O2. The van der Waals surface area contributed by atoms with E-state index in [9.17, 15) is 9.18 Å². The number of hydrogen-bond acceptors (Lipinski definition) is 5. The number of likely N-dealkylation sites (tertiary alicyclic amines) is 1. The SMILES string of the molecule is CO[C@@H]1C[C@@H](c2nnc3cnccn23)N(C(=O)Cc2ccc(F)cc2)C1. The summed E-state index contributed by atoms with van der Waals surface area (Å²) in [4.78, 5) is 18.7. The predicted molar refractivity (Wildman–Crippen MR) is 90.8 cm³/mol. The number of hydrogen-bond donors (Lipinski definition) is 0. The van der Waals surface area contributed by atoms with E-state index >= 15 is 0 Å². The van der Waals surface area contributed by atoms with E-state index in [0.717, 1.165) is 5.56 Å². The summed E-state index contributed by atoms with van der Waals surface area (Å²) in [5.41, 5.74) is 1.40. The zero-order valence-electron chi connectivity index (χ0n) is 14.2. The van der Waals surface area contributed by atoms with Gasteiger partial charge < -0.3 is 9.64 Å². The molecule has 0 aliphatic carbocycles. The lowest BCUT2D eigenvalue weighted by molar-refractivity contribution is -0.131. The number of aromatic nitrogens is 4. The summed E-state index contributed by atoms with van der Waals surface area (Å²) in [6.45, 7) is 0.487. The molecule has 26 heavy (non-hydrogen) atoms. The number of carbonyl (C=O) groups excluding carboxylic acids is 1. The molecule has 0 N–H and O–H groups in total. The van der Waals surface area contributed by atoms with Crippen molar-refractivity contribution in [3.05, 3.63) is 60.1 Å².